The predicted octanol–water partition coefficient (Wildman–Crippen LogP) is 3.83. The summed E-state index contributed by atoms with van der Waals surface area (Å²) in [7, 11) is 0. The van der Waals surface area contributed by atoms with Gasteiger partial charge in [0.2, 0.25) is 5.82 Å². The monoisotopic (exact) mass is 376 g/mol. The van der Waals surface area contributed by atoms with Gasteiger partial charge in [-0.2, -0.15) is 0 Å². The highest BCUT2D eigenvalue weighted by Crippen LogP contribution is 2.21. The summed E-state index contributed by atoms with van der Waals surface area (Å²) >= 11 is 0. The van der Waals surface area contributed by atoms with Crippen LogP contribution in [-0.2, 0) is 0 Å². The summed E-state index contributed by atoms with van der Waals surface area (Å²) < 4.78 is 1.69. The van der Waals surface area contributed by atoms with E-state index in [0.29, 0.717) is 11.2 Å². The SMILES string of the molecule is Cc1ccc(NC(=O)c2nc(C(=O)N3CCCCC3)c3ccccn23)c(C)c1. The zero-order chi connectivity index (χ0) is 19.7. The Bertz CT molecular complexity index is 1050. The van der Waals surface area contributed by atoms with Gasteiger partial charge >= 0.3 is 0 Å². The summed E-state index contributed by atoms with van der Waals surface area (Å²) in [4.78, 5) is 32.3. The maximum absolute atomic E-state index is 13.0. The second-order valence-electron chi connectivity index (χ2n) is 7.37. The van der Waals surface area contributed by atoms with Gasteiger partial charge in [0.1, 0.15) is 0 Å². The number of pyridine rings is 1. The molecule has 0 spiro atoms. The molecule has 6 nitrogen and oxygen atoms in total. The molecular weight excluding hydrogens is 352 g/mol. The van der Waals surface area contributed by atoms with Crippen LogP contribution < -0.4 is 5.32 Å². The largest absolute Gasteiger partial charge is 0.337 e. The second kappa shape index (κ2) is 7.46. The van der Waals surface area contributed by atoms with E-state index in [9.17, 15) is 9.59 Å². The number of amides is 2. The van der Waals surface area contributed by atoms with E-state index in [1.165, 1.54) is 0 Å². The third-order valence-corrected chi connectivity index (χ3v) is 5.23. The van der Waals surface area contributed by atoms with Gasteiger partial charge < -0.3 is 10.2 Å². The number of benzene rings is 1. The number of carbonyl (C=O) groups excluding carboxylic acids is 2. The Morgan fingerprint density at radius 1 is 1.04 bits per heavy atom. The summed E-state index contributed by atoms with van der Waals surface area (Å²) in [5, 5.41) is 2.93. The van der Waals surface area contributed by atoms with Crippen LogP contribution >= 0.6 is 0 Å². The molecule has 3 aromatic rings. The van der Waals surface area contributed by atoms with Crippen molar-refractivity contribution < 1.29 is 9.59 Å². The van der Waals surface area contributed by atoms with Gasteiger partial charge in [-0.3, -0.25) is 14.0 Å². The first-order chi connectivity index (χ1) is 13.5. The Balaban J connectivity index is 1.69. The van der Waals surface area contributed by atoms with Crippen molar-refractivity contribution in [1.29, 1.82) is 0 Å². The van der Waals surface area contributed by atoms with Crippen LogP contribution in [0.1, 0.15) is 51.5 Å². The van der Waals surface area contributed by atoms with Gasteiger partial charge in [-0.25, -0.2) is 4.98 Å². The first-order valence-corrected chi connectivity index (χ1v) is 9.69. The normalized spacial score (nSPS) is 14.3. The highest BCUT2D eigenvalue weighted by molar-refractivity contribution is 6.06. The number of fused-ring (bicyclic) bond motifs is 1. The quantitative estimate of drug-likeness (QED) is 0.755. The Labute approximate surface area is 164 Å². The van der Waals surface area contributed by atoms with Crippen molar-refractivity contribution in [3.63, 3.8) is 0 Å². The lowest BCUT2D eigenvalue weighted by Crippen LogP contribution is -2.36. The van der Waals surface area contributed by atoms with Crippen molar-refractivity contribution in [2.75, 3.05) is 18.4 Å². The molecule has 1 fully saturated rings. The molecule has 4 rings (SSSR count). The first kappa shape index (κ1) is 18.2. The number of hydrogen-bond donors (Lipinski definition) is 1. The molecule has 6 heteroatoms. The van der Waals surface area contributed by atoms with Crippen molar-refractivity contribution in [2.24, 2.45) is 0 Å². The number of imidazole rings is 1. The Morgan fingerprint density at radius 2 is 1.82 bits per heavy atom. The fraction of sp³-hybridized carbons (Fsp3) is 0.318. The number of anilines is 1. The Hall–Kier alpha value is -3.15. The molecular formula is C22H24N4O2. The molecule has 1 N–H and O–H groups in total. The molecule has 2 aromatic heterocycles. The van der Waals surface area contributed by atoms with E-state index in [1.54, 1.807) is 10.6 Å². The fourth-order valence-electron chi connectivity index (χ4n) is 3.73. The lowest BCUT2D eigenvalue weighted by molar-refractivity contribution is 0.0721. The summed E-state index contributed by atoms with van der Waals surface area (Å²) in [5.41, 5.74) is 3.86. The van der Waals surface area contributed by atoms with Crippen LogP contribution in [0, 0.1) is 13.8 Å². The van der Waals surface area contributed by atoms with Gasteiger partial charge in [-0.05, 0) is 56.9 Å². The third kappa shape index (κ3) is 3.38. The van der Waals surface area contributed by atoms with E-state index in [1.807, 2.05) is 55.1 Å². The number of aromatic nitrogens is 2. The molecule has 1 saturated heterocycles. The van der Waals surface area contributed by atoms with Crippen LogP contribution in [0.3, 0.4) is 0 Å². The minimum Gasteiger partial charge on any atom is -0.337 e. The predicted molar refractivity (Wildman–Crippen MR) is 109 cm³/mol. The number of nitrogens with zero attached hydrogens (tertiary/aromatic N) is 3. The standard InChI is InChI=1S/C22H24N4O2/c1-15-9-10-17(16(2)14-15)23-21(27)20-24-19(18-8-4-7-13-26(18)20)22(28)25-11-5-3-6-12-25/h4,7-10,13-14H,3,5-6,11-12H2,1-2H3,(H,23,27). The zero-order valence-corrected chi connectivity index (χ0v) is 16.2. The Kier molecular flexibility index (Phi) is 4.86. The zero-order valence-electron chi connectivity index (χ0n) is 16.2. The number of hydrogen-bond acceptors (Lipinski definition) is 3. The number of rotatable bonds is 3. The molecule has 1 aromatic carbocycles. The number of carbonyl (C=O) groups is 2. The highest BCUT2D eigenvalue weighted by atomic mass is 16.2. The van der Waals surface area contributed by atoms with Crippen LogP contribution in [0.5, 0.6) is 0 Å². The van der Waals surface area contributed by atoms with E-state index >= 15 is 0 Å². The van der Waals surface area contributed by atoms with Crippen LogP contribution in [0.15, 0.2) is 42.6 Å². The van der Waals surface area contributed by atoms with Gasteiger partial charge in [-0.15, -0.1) is 0 Å². The van der Waals surface area contributed by atoms with Crippen LogP contribution in [-0.4, -0.2) is 39.2 Å². The van der Waals surface area contributed by atoms with Crippen LogP contribution in [0.2, 0.25) is 0 Å². The molecule has 1 aliphatic heterocycles. The second-order valence-corrected chi connectivity index (χ2v) is 7.37. The van der Waals surface area contributed by atoms with E-state index in [2.05, 4.69) is 10.3 Å². The summed E-state index contributed by atoms with van der Waals surface area (Å²) in [6.45, 7) is 5.46. The maximum atomic E-state index is 13.0. The molecule has 0 unspecified atom stereocenters. The average Bonchev–Trinajstić information content (AvgIpc) is 3.10. The van der Waals surface area contributed by atoms with Gasteiger partial charge in [0.05, 0.1) is 5.52 Å². The van der Waals surface area contributed by atoms with E-state index < -0.39 is 0 Å². The molecule has 0 radical (unpaired) electrons. The molecule has 1 aliphatic rings. The summed E-state index contributed by atoms with van der Waals surface area (Å²) in [6.07, 6.45) is 4.94. The Morgan fingerprint density at radius 3 is 2.57 bits per heavy atom. The van der Waals surface area contributed by atoms with Crippen LogP contribution in [0.4, 0.5) is 5.69 Å². The number of nitrogens with one attached hydrogen (secondary N) is 1. The van der Waals surface area contributed by atoms with E-state index in [-0.39, 0.29) is 17.6 Å². The summed E-state index contributed by atoms with van der Waals surface area (Å²) in [5.74, 6) is -0.212. The van der Waals surface area contributed by atoms with E-state index in [0.717, 1.165) is 49.2 Å². The smallest absolute Gasteiger partial charge is 0.292 e. The van der Waals surface area contributed by atoms with Gasteiger partial charge in [0.25, 0.3) is 11.8 Å². The topological polar surface area (TPSA) is 66.7 Å². The third-order valence-electron chi connectivity index (χ3n) is 5.23. The minimum absolute atomic E-state index is 0.103. The highest BCUT2D eigenvalue weighted by Gasteiger charge is 2.26. The molecule has 28 heavy (non-hydrogen) atoms. The van der Waals surface area contributed by atoms with Gasteiger partial charge in [-0.1, -0.05) is 23.8 Å². The molecule has 0 saturated carbocycles. The van der Waals surface area contributed by atoms with Crippen molar-refractivity contribution in [1.82, 2.24) is 14.3 Å². The fourth-order valence-corrected chi connectivity index (χ4v) is 3.73. The first-order valence-electron chi connectivity index (χ1n) is 9.69. The van der Waals surface area contributed by atoms with Crippen molar-refractivity contribution >= 4 is 23.0 Å². The molecule has 3 heterocycles. The average molecular weight is 376 g/mol. The number of likely N-dealkylation sites (tertiary alicyclic amines) is 1. The molecule has 0 aliphatic carbocycles. The minimum atomic E-state index is -0.328. The number of aryl methyl sites for hydroxylation is 2. The lowest BCUT2D eigenvalue weighted by Gasteiger charge is -2.25. The van der Waals surface area contributed by atoms with Gasteiger partial charge in [0, 0.05) is 25.0 Å². The molecule has 144 valence electrons. The maximum Gasteiger partial charge on any atom is 0.292 e. The lowest BCUT2D eigenvalue weighted by atomic mass is 10.1. The summed E-state index contributed by atoms with van der Waals surface area (Å²) in [6, 6.07) is 11.4. The van der Waals surface area contributed by atoms with E-state index in [4.69, 9.17) is 0 Å². The van der Waals surface area contributed by atoms with Gasteiger partial charge in [0.15, 0.2) is 5.69 Å². The van der Waals surface area contributed by atoms with Crippen molar-refractivity contribution in [2.45, 2.75) is 33.1 Å². The molecule has 0 atom stereocenters. The van der Waals surface area contributed by atoms with Crippen molar-refractivity contribution in [3.05, 3.63) is 65.2 Å². The van der Waals surface area contributed by atoms with Crippen molar-refractivity contribution in [3.8, 4) is 0 Å². The molecule has 0 bridgehead atoms. The van der Waals surface area contributed by atoms with Crippen LogP contribution in [0.25, 0.3) is 5.52 Å². The molecule has 2 amide bonds. The number of piperidine rings is 1.